The molecule has 1 saturated heterocycles. The van der Waals surface area contributed by atoms with Gasteiger partial charge in [-0.2, -0.15) is 0 Å². The molecule has 0 N–H and O–H groups in total. The van der Waals surface area contributed by atoms with Crippen LogP contribution in [0.5, 0.6) is 17.2 Å². The van der Waals surface area contributed by atoms with Gasteiger partial charge in [0.1, 0.15) is 5.60 Å². The smallest absolute Gasteiger partial charge is 0.223 e. The van der Waals surface area contributed by atoms with Gasteiger partial charge in [-0.1, -0.05) is 60.7 Å². The van der Waals surface area contributed by atoms with E-state index in [-0.39, 0.29) is 17.6 Å². The van der Waals surface area contributed by atoms with Crippen molar-refractivity contribution in [1.29, 1.82) is 0 Å². The van der Waals surface area contributed by atoms with Crippen LogP contribution >= 0.6 is 0 Å². The second kappa shape index (κ2) is 10.1. The van der Waals surface area contributed by atoms with E-state index in [9.17, 15) is 9.59 Å². The molecule has 2 aliphatic heterocycles. The minimum atomic E-state index is -0.640. The Labute approximate surface area is 211 Å². The van der Waals surface area contributed by atoms with Gasteiger partial charge in [0, 0.05) is 38.3 Å². The lowest BCUT2D eigenvalue weighted by Crippen LogP contribution is -2.52. The Morgan fingerprint density at radius 1 is 0.917 bits per heavy atom. The van der Waals surface area contributed by atoms with E-state index >= 15 is 0 Å². The van der Waals surface area contributed by atoms with Crippen LogP contribution in [0.1, 0.15) is 53.1 Å². The van der Waals surface area contributed by atoms with Crippen molar-refractivity contribution >= 4 is 11.7 Å². The molecule has 0 bridgehead atoms. The Hall–Kier alpha value is -3.80. The van der Waals surface area contributed by atoms with Crippen LogP contribution in [0.15, 0.2) is 72.8 Å². The number of piperidine rings is 1. The van der Waals surface area contributed by atoms with Crippen molar-refractivity contribution in [2.24, 2.45) is 0 Å². The third-order valence-corrected chi connectivity index (χ3v) is 7.41. The number of hydrogen-bond acceptors (Lipinski definition) is 5. The molecule has 0 aliphatic carbocycles. The number of hydrogen-bond donors (Lipinski definition) is 0. The lowest BCUT2D eigenvalue weighted by atomic mass is 9.82. The van der Waals surface area contributed by atoms with Gasteiger partial charge in [0.05, 0.1) is 26.2 Å². The SMILES string of the molecule is COc1ccc2c(c1OC)OC1(CCN(C(=O)CC(c3ccccc3)c3ccccc3)CC1)CC2=O. The summed E-state index contributed by atoms with van der Waals surface area (Å²) in [5.74, 6) is 1.55. The van der Waals surface area contributed by atoms with Crippen LogP contribution in [0.25, 0.3) is 0 Å². The van der Waals surface area contributed by atoms with E-state index in [1.165, 1.54) is 0 Å². The Bertz CT molecular complexity index is 1190. The molecule has 6 heteroatoms. The molecule has 1 spiro atoms. The normalized spacial score (nSPS) is 16.4. The highest BCUT2D eigenvalue weighted by atomic mass is 16.5. The first-order valence-electron chi connectivity index (χ1n) is 12.4. The van der Waals surface area contributed by atoms with Crippen LogP contribution in [0.4, 0.5) is 0 Å². The molecule has 2 heterocycles. The summed E-state index contributed by atoms with van der Waals surface area (Å²) in [6.07, 6.45) is 1.88. The molecular weight excluding hydrogens is 454 g/mol. The quantitative estimate of drug-likeness (QED) is 0.477. The van der Waals surface area contributed by atoms with Crippen molar-refractivity contribution in [3.63, 3.8) is 0 Å². The summed E-state index contributed by atoms with van der Waals surface area (Å²) >= 11 is 0. The zero-order chi connectivity index (χ0) is 25.1. The van der Waals surface area contributed by atoms with Crippen LogP contribution in [-0.2, 0) is 4.79 Å². The number of likely N-dealkylation sites (tertiary alicyclic amines) is 1. The Morgan fingerprint density at radius 2 is 1.53 bits per heavy atom. The summed E-state index contributed by atoms with van der Waals surface area (Å²) < 4.78 is 17.4. The number of ketones is 1. The van der Waals surface area contributed by atoms with Crippen LogP contribution in [0, 0.1) is 0 Å². The summed E-state index contributed by atoms with van der Waals surface area (Å²) in [6.45, 7) is 1.09. The lowest BCUT2D eigenvalue weighted by Gasteiger charge is -2.44. The van der Waals surface area contributed by atoms with Crippen LogP contribution in [0.3, 0.4) is 0 Å². The van der Waals surface area contributed by atoms with E-state index in [1.807, 2.05) is 41.3 Å². The predicted octanol–water partition coefficient (Wildman–Crippen LogP) is 5.25. The number of carbonyl (C=O) groups is 2. The molecule has 186 valence electrons. The molecule has 1 fully saturated rings. The number of benzene rings is 3. The van der Waals surface area contributed by atoms with Crippen molar-refractivity contribution in [3.8, 4) is 17.2 Å². The molecule has 0 saturated carbocycles. The first-order valence-corrected chi connectivity index (χ1v) is 12.4. The number of rotatable bonds is 6. The second-order valence-corrected chi connectivity index (χ2v) is 9.52. The first kappa shape index (κ1) is 23.9. The van der Waals surface area contributed by atoms with E-state index in [0.717, 1.165) is 11.1 Å². The fraction of sp³-hybridized carbons (Fsp3) is 0.333. The van der Waals surface area contributed by atoms with Gasteiger partial charge in [0.25, 0.3) is 0 Å². The molecular formula is C30H31NO5. The van der Waals surface area contributed by atoms with E-state index in [2.05, 4.69) is 24.3 Å². The Kier molecular flexibility index (Phi) is 6.68. The van der Waals surface area contributed by atoms with Crippen LogP contribution in [0.2, 0.25) is 0 Å². The number of ether oxygens (including phenoxy) is 3. The molecule has 0 atom stereocenters. The van der Waals surface area contributed by atoms with E-state index in [1.54, 1.807) is 26.4 Å². The standard InChI is InChI=1S/C30H31NO5/c1-34-26-14-13-23-25(32)20-30(36-28(23)29(26)35-2)15-17-31(18-16-30)27(33)19-24(21-9-5-3-6-10-21)22-11-7-4-8-12-22/h3-14,24H,15-20H2,1-2H3. The summed E-state index contributed by atoms with van der Waals surface area (Å²) in [5, 5.41) is 0. The zero-order valence-electron chi connectivity index (χ0n) is 20.7. The maximum Gasteiger partial charge on any atom is 0.223 e. The van der Waals surface area contributed by atoms with Gasteiger partial charge in [0.15, 0.2) is 17.3 Å². The van der Waals surface area contributed by atoms with Crippen molar-refractivity contribution in [2.45, 2.75) is 37.2 Å². The highest BCUT2D eigenvalue weighted by Crippen LogP contribution is 2.48. The van der Waals surface area contributed by atoms with Gasteiger partial charge < -0.3 is 19.1 Å². The lowest BCUT2D eigenvalue weighted by molar-refractivity contribution is -0.135. The number of amides is 1. The van der Waals surface area contributed by atoms with Crippen molar-refractivity contribution in [2.75, 3.05) is 27.3 Å². The fourth-order valence-corrected chi connectivity index (χ4v) is 5.41. The second-order valence-electron chi connectivity index (χ2n) is 9.52. The maximum atomic E-state index is 13.5. The molecule has 0 radical (unpaired) electrons. The van der Waals surface area contributed by atoms with Gasteiger partial charge >= 0.3 is 0 Å². The number of nitrogens with zero attached hydrogens (tertiary/aromatic N) is 1. The zero-order valence-corrected chi connectivity index (χ0v) is 20.7. The van der Waals surface area contributed by atoms with Crippen molar-refractivity contribution in [1.82, 2.24) is 4.90 Å². The monoisotopic (exact) mass is 485 g/mol. The third kappa shape index (κ3) is 4.55. The fourth-order valence-electron chi connectivity index (χ4n) is 5.41. The number of carbonyl (C=O) groups excluding carboxylic acids is 2. The van der Waals surface area contributed by atoms with Crippen molar-refractivity contribution in [3.05, 3.63) is 89.5 Å². The molecule has 6 nitrogen and oxygen atoms in total. The largest absolute Gasteiger partial charge is 0.493 e. The first-order chi connectivity index (χ1) is 17.5. The van der Waals surface area contributed by atoms with Gasteiger partial charge in [-0.25, -0.2) is 0 Å². The molecule has 0 unspecified atom stereocenters. The van der Waals surface area contributed by atoms with Crippen molar-refractivity contribution < 1.29 is 23.8 Å². The molecule has 2 aliphatic rings. The Morgan fingerprint density at radius 3 is 2.08 bits per heavy atom. The molecule has 36 heavy (non-hydrogen) atoms. The highest BCUT2D eigenvalue weighted by molar-refractivity contribution is 6.01. The van der Waals surface area contributed by atoms with Gasteiger partial charge in [0.2, 0.25) is 11.7 Å². The summed E-state index contributed by atoms with van der Waals surface area (Å²) in [7, 11) is 3.11. The average Bonchev–Trinajstić information content (AvgIpc) is 2.92. The number of fused-ring (bicyclic) bond motifs is 1. The summed E-state index contributed by atoms with van der Waals surface area (Å²) in [4.78, 5) is 28.4. The van der Waals surface area contributed by atoms with E-state index in [4.69, 9.17) is 14.2 Å². The van der Waals surface area contributed by atoms with Gasteiger partial charge in [-0.15, -0.1) is 0 Å². The minimum Gasteiger partial charge on any atom is -0.493 e. The molecule has 3 aromatic rings. The van der Waals surface area contributed by atoms with Crippen LogP contribution in [-0.4, -0.2) is 49.5 Å². The maximum absolute atomic E-state index is 13.5. The average molecular weight is 486 g/mol. The highest BCUT2D eigenvalue weighted by Gasteiger charge is 2.45. The molecule has 0 aromatic heterocycles. The topological polar surface area (TPSA) is 65.1 Å². The van der Waals surface area contributed by atoms with Crippen LogP contribution < -0.4 is 14.2 Å². The number of methoxy groups -OCH3 is 2. The van der Waals surface area contributed by atoms with E-state index < -0.39 is 5.60 Å². The molecule has 5 rings (SSSR count). The van der Waals surface area contributed by atoms with Gasteiger partial charge in [-0.3, -0.25) is 9.59 Å². The summed E-state index contributed by atoms with van der Waals surface area (Å²) in [5.41, 5.74) is 2.14. The summed E-state index contributed by atoms with van der Waals surface area (Å²) in [6, 6.07) is 23.8. The molecule has 3 aromatic carbocycles. The predicted molar refractivity (Wildman–Crippen MR) is 137 cm³/mol. The Balaban J connectivity index is 1.31. The minimum absolute atomic E-state index is 0.00750. The van der Waals surface area contributed by atoms with E-state index in [0.29, 0.717) is 61.6 Å². The van der Waals surface area contributed by atoms with Gasteiger partial charge in [-0.05, 0) is 23.3 Å². The molecule has 1 amide bonds. The number of Topliss-reactive ketones (excluding diaryl/α,β-unsaturated/α-hetero) is 1. The third-order valence-electron chi connectivity index (χ3n) is 7.41.